The van der Waals surface area contributed by atoms with Crippen molar-refractivity contribution in [2.45, 2.75) is 77.0 Å². The van der Waals surface area contributed by atoms with Gasteiger partial charge in [-0.15, -0.1) is 0 Å². The molecule has 14 heteroatoms. The molecule has 0 spiro atoms. The Labute approximate surface area is 244 Å². The largest absolute Gasteiger partial charge is 0.618 e. The van der Waals surface area contributed by atoms with E-state index in [9.17, 15) is 41.1 Å². The van der Waals surface area contributed by atoms with E-state index in [1.54, 1.807) is 12.1 Å². The Morgan fingerprint density at radius 2 is 1.65 bits per heavy atom. The molecule has 2 fully saturated rings. The number of halogens is 6. The van der Waals surface area contributed by atoms with E-state index in [4.69, 9.17) is 9.84 Å². The van der Waals surface area contributed by atoms with Crippen LogP contribution in [-0.4, -0.2) is 41.2 Å². The highest BCUT2D eigenvalue weighted by molar-refractivity contribution is 5.71. The summed E-state index contributed by atoms with van der Waals surface area (Å²) in [5.41, 5.74) is -2.78. The van der Waals surface area contributed by atoms with E-state index in [2.05, 4.69) is 0 Å². The van der Waals surface area contributed by atoms with Gasteiger partial charge in [-0.2, -0.15) is 31.1 Å². The maximum atomic E-state index is 13.4. The van der Waals surface area contributed by atoms with E-state index in [1.165, 1.54) is 13.1 Å². The first-order chi connectivity index (χ1) is 20.1. The van der Waals surface area contributed by atoms with E-state index in [1.807, 2.05) is 11.8 Å². The third-order valence-corrected chi connectivity index (χ3v) is 8.32. The molecular formula is C29H33F6N3O5. The number of aliphatic carboxylic acids is 1. The quantitative estimate of drug-likeness (QED) is 0.195. The minimum absolute atomic E-state index is 0.0112. The summed E-state index contributed by atoms with van der Waals surface area (Å²) in [5.74, 6) is -0.445. The highest BCUT2D eigenvalue weighted by atomic mass is 19.4. The lowest BCUT2D eigenvalue weighted by Gasteiger charge is -2.33. The molecule has 236 valence electrons. The standard InChI is InChI=1S/C29H33F6N3O5/c1-3-36(15-19-8-6-18(7-9-19)11-25(39)40)23-5-4-10-38(42)24(23)16-37-17(2)26(43-27(37)41)20-12-21(28(30,31)32)14-22(13-20)29(33,34)35/h4-5,10,12-14,17-19,26H,3,6-9,11,15-16H2,1-2H3,(H,39,40)/t17-,18?,19?,26-/m0/s1. The zero-order chi connectivity index (χ0) is 31.7. The van der Waals surface area contributed by atoms with Gasteiger partial charge in [-0.1, -0.05) is 0 Å². The minimum atomic E-state index is -5.06. The molecule has 1 N–H and O–H groups in total. The predicted octanol–water partition coefficient (Wildman–Crippen LogP) is 6.55. The summed E-state index contributed by atoms with van der Waals surface area (Å²) in [6.45, 7) is 4.15. The van der Waals surface area contributed by atoms with Gasteiger partial charge in [-0.25, -0.2) is 4.79 Å². The van der Waals surface area contributed by atoms with Gasteiger partial charge in [0.1, 0.15) is 18.3 Å². The maximum absolute atomic E-state index is 13.4. The number of carbonyl (C=O) groups is 2. The molecular weight excluding hydrogens is 584 g/mol. The normalized spacial score (nSPS) is 22.9. The van der Waals surface area contributed by atoms with E-state index >= 15 is 0 Å². The van der Waals surface area contributed by atoms with Crippen LogP contribution in [0.4, 0.5) is 36.8 Å². The molecule has 0 radical (unpaired) electrons. The van der Waals surface area contributed by atoms with E-state index in [-0.39, 0.29) is 36.6 Å². The van der Waals surface area contributed by atoms with Crippen molar-refractivity contribution in [3.8, 4) is 0 Å². The first-order valence-electron chi connectivity index (χ1n) is 14.0. The van der Waals surface area contributed by atoms with Gasteiger partial charge in [-0.05, 0) is 81.2 Å². The van der Waals surface area contributed by atoms with Gasteiger partial charge < -0.3 is 20.0 Å². The third kappa shape index (κ3) is 7.45. The van der Waals surface area contributed by atoms with Gasteiger partial charge in [0, 0.05) is 25.6 Å². The molecule has 1 amide bonds. The van der Waals surface area contributed by atoms with Crippen molar-refractivity contribution >= 4 is 17.7 Å². The van der Waals surface area contributed by atoms with Crippen molar-refractivity contribution in [3.05, 3.63) is 64.1 Å². The summed E-state index contributed by atoms with van der Waals surface area (Å²) >= 11 is 0. The maximum Gasteiger partial charge on any atom is 0.416 e. The second-order valence-corrected chi connectivity index (χ2v) is 11.2. The number of pyridine rings is 1. The number of anilines is 1. The molecule has 8 nitrogen and oxygen atoms in total. The Balaban J connectivity index is 1.56. The zero-order valence-corrected chi connectivity index (χ0v) is 23.6. The number of benzene rings is 1. The molecule has 2 atom stereocenters. The summed E-state index contributed by atoms with van der Waals surface area (Å²) < 4.78 is 86.5. The number of cyclic esters (lactones) is 1. The van der Waals surface area contributed by atoms with Crippen LogP contribution in [0.3, 0.4) is 0 Å². The lowest BCUT2D eigenvalue weighted by molar-refractivity contribution is -0.614. The summed E-state index contributed by atoms with van der Waals surface area (Å²) in [6, 6.07) is 3.36. The van der Waals surface area contributed by atoms with Crippen LogP contribution in [-0.2, 0) is 28.4 Å². The molecule has 1 saturated heterocycles. The molecule has 0 unspecified atom stereocenters. The van der Waals surface area contributed by atoms with Crippen molar-refractivity contribution in [2.75, 3.05) is 18.0 Å². The number of carboxylic acids is 1. The van der Waals surface area contributed by atoms with Crippen molar-refractivity contribution < 1.29 is 50.5 Å². The first-order valence-corrected chi connectivity index (χ1v) is 14.0. The average Bonchev–Trinajstić information content (AvgIpc) is 3.20. The molecule has 43 heavy (non-hydrogen) atoms. The number of hydrogen-bond donors (Lipinski definition) is 1. The summed E-state index contributed by atoms with van der Waals surface area (Å²) in [5, 5.41) is 22.0. The van der Waals surface area contributed by atoms with Gasteiger partial charge in [0.25, 0.3) is 0 Å². The summed E-state index contributed by atoms with van der Waals surface area (Å²) in [6.07, 6.45) is -7.96. The van der Waals surface area contributed by atoms with Gasteiger partial charge >= 0.3 is 24.4 Å². The topological polar surface area (TPSA) is 97.0 Å². The summed E-state index contributed by atoms with van der Waals surface area (Å²) in [7, 11) is 0. The van der Waals surface area contributed by atoms with Crippen LogP contribution >= 0.6 is 0 Å². The van der Waals surface area contributed by atoms with E-state index < -0.39 is 53.3 Å². The summed E-state index contributed by atoms with van der Waals surface area (Å²) in [4.78, 5) is 27.1. The number of aromatic nitrogens is 1. The third-order valence-electron chi connectivity index (χ3n) is 8.32. The van der Waals surface area contributed by atoms with Crippen molar-refractivity contribution in [2.24, 2.45) is 11.8 Å². The van der Waals surface area contributed by atoms with Gasteiger partial charge in [0.2, 0.25) is 5.69 Å². The number of alkyl halides is 6. The number of nitrogens with zero attached hydrogens (tertiary/aromatic N) is 3. The molecule has 2 aliphatic rings. The molecule has 1 aromatic heterocycles. The second-order valence-electron chi connectivity index (χ2n) is 11.2. The van der Waals surface area contributed by atoms with Crippen LogP contribution in [0, 0.1) is 17.0 Å². The number of hydrogen-bond acceptors (Lipinski definition) is 5. The lowest BCUT2D eigenvalue weighted by atomic mass is 9.80. The SMILES string of the molecule is CCN(CC1CCC(CC(=O)O)CC1)c1ccc[n+]([O-])c1CN1C(=O)O[C@H](c2cc(C(F)(F)F)cc(C(F)(F)F)c2)[C@@H]1C. The van der Waals surface area contributed by atoms with Crippen LogP contribution in [0.2, 0.25) is 0 Å². The Morgan fingerprint density at radius 3 is 2.19 bits per heavy atom. The van der Waals surface area contributed by atoms with E-state index in [0.717, 1.165) is 30.6 Å². The van der Waals surface area contributed by atoms with Crippen LogP contribution < -0.4 is 9.63 Å². The second kappa shape index (κ2) is 12.5. The molecule has 1 saturated carbocycles. The van der Waals surface area contributed by atoms with Crippen molar-refractivity contribution in [1.29, 1.82) is 0 Å². The van der Waals surface area contributed by atoms with Gasteiger partial charge in [0.15, 0.2) is 6.20 Å². The molecule has 2 heterocycles. The first kappa shape index (κ1) is 32.2. The monoisotopic (exact) mass is 617 g/mol. The number of carbonyl (C=O) groups excluding carboxylic acids is 1. The number of carboxylic acid groups (broad SMARTS) is 1. The van der Waals surface area contributed by atoms with Gasteiger partial charge in [0.05, 0.1) is 17.2 Å². The molecule has 1 aromatic carbocycles. The van der Waals surface area contributed by atoms with Crippen molar-refractivity contribution in [3.63, 3.8) is 0 Å². The highest BCUT2D eigenvalue weighted by Gasteiger charge is 2.44. The molecule has 4 rings (SSSR count). The Hall–Kier alpha value is -3.71. The Morgan fingerprint density at radius 1 is 1.07 bits per heavy atom. The molecule has 2 aromatic rings. The van der Waals surface area contributed by atoms with Crippen LogP contribution in [0.1, 0.15) is 74.4 Å². The fourth-order valence-electron chi connectivity index (χ4n) is 5.99. The number of ether oxygens (including phenoxy) is 1. The van der Waals surface area contributed by atoms with Crippen LogP contribution in [0.25, 0.3) is 0 Å². The Kier molecular flexibility index (Phi) is 9.36. The highest BCUT2D eigenvalue weighted by Crippen LogP contribution is 2.41. The lowest BCUT2D eigenvalue weighted by Crippen LogP contribution is -2.42. The van der Waals surface area contributed by atoms with Gasteiger partial charge in [-0.3, -0.25) is 9.69 Å². The fraction of sp³-hybridized carbons (Fsp3) is 0.552. The molecule has 1 aliphatic heterocycles. The average molecular weight is 618 g/mol. The Bertz CT molecular complexity index is 1290. The minimum Gasteiger partial charge on any atom is -0.618 e. The van der Waals surface area contributed by atoms with E-state index in [0.29, 0.717) is 35.6 Å². The molecule has 0 bridgehead atoms. The van der Waals surface area contributed by atoms with Crippen LogP contribution in [0.15, 0.2) is 36.5 Å². The zero-order valence-electron chi connectivity index (χ0n) is 23.6. The smallest absolute Gasteiger partial charge is 0.416 e. The number of rotatable bonds is 9. The molecule has 1 aliphatic carbocycles. The predicted molar refractivity (Wildman–Crippen MR) is 142 cm³/mol. The fourth-order valence-corrected chi connectivity index (χ4v) is 5.99. The van der Waals surface area contributed by atoms with Crippen LogP contribution in [0.5, 0.6) is 0 Å². The van der Waals surface area contributed by atoms with Crippen molar-refractivity contribution in [1.82, 2.24) is 4.90 Å². The number of amides is 1.